The molecule has 1 N–H and O–H groups in total. The molecule has 3 heteroatoms. The number of likely N-dealkylation sites (N-methyl/N-ethyl adjacent to an activating group) is 1. The molecule has 80 valence electrons. The topological polar surface area (TPSA) is 32.3 Å². The largest absolute Gasteiger partial charge is 0.342 e. The molecule has 1 atom stereocenters. The summed E-state index contributed by atoms with van der Waals surface area (Å²) in [6, 6.07) is 0.00881. The number of terminal acetylenes is 1. The molecule has 0 saturated heterocycles. The predicted molar refractivity (Wildman–Crippen MR) is 58.8 cm³/mol. The van der Waals surface area contributed by atoms with Crippen LogP contribution >= 0.6 is 0 Å². The molecular formula is C11H20N2O. The van der Waals surface area contributed by atoms with Gasteiger partial charge in [0.15, 0.2) is 0 Å². The highest BCUT2D eigenvalue weighted by Crippen LogP contribution is 1.91. The van der Waals surface area contributed by atoms with Crippen LogP contribution in [0.25, 0.3) is 0 Å². The molecule has 0 spiro atoms. The summed E-state index contributed by atoms with van der Waals surface area (Å²) in [6.45, 7) is 7.79. The van der Waals surface area contributed by atoms with E-state index >= 15 is 0 Å². The lowest BCUT2D eigenvalue weighted by atomic mass is 10.2. The third-order valence-electron chi connectivity index (χ3n) is 2.23. The van der Waals surface area contributed by atoms with Crippen molar-refractivity contribution in [3.63, 3.8) is 0 Å². The summed E-state index contributed by atoms with van der Waals surface area (Å²) in [6.07, 6.45) is 6.12. The Morgan fingerprint density at radius 2 is 2.00 bits per heavy atom. The van der Waals surface area contributed by atoms with E-state index in [1.807, 2.05) is 20.8 Å². The zero-order chi connectivity index (χ0) is 11.0. The SMILES string of the molecule is C#CC(CC)NCC(=O)N(CC)CC. The van der Waals surface area contributed by atoms with Crippen molar-refractivity contribution in [2.24, 2.45) is 0 Å². The van der Waals surface area contributed by atoms with E-state index < -0.39 is 0 Å². The lowest BCUT2D eigenvalue weighted by Gasteiger charge is -2.19. The van der Waals surface area contributed by atoms with Gasteiger partial charge in [-0.3, -0.25) is 10.1 Å². The molecule has 0 aliphatic rings. The summed E-state index contributed by atoms with van der Waals surface area (Å²) < 4.78 is 0. The fourth-order valence-corrected chi connectivity index (χ4v) is 1.22. The minimum absolute atomic E-state index is 0.00881. The van der Waals surface area contributed by atoms with Crippen LogP contribution in [0.1, 0.15) is 27.2 Å². The summed E-state index contributed by atoms with van der Waals surface area (Å²) in [4.78, 5) is 13.3. The van der Waals surface area contributed by atoms with Crippen LogP contribution in [0, 0.1) is 12.3 Å². The molecule has 0 aliphatic heterocycles. The van der Waals surface area contributed by atoms with Gasteiger partial charge < -0.3 is 4.90 Å². The molecule has 3 nitrogen and oxygen atoms in total. The van der Waals surface area contributed by atoms with Crippen LogP contribution in [0.2, 0.25) is 0 Å². The summed E-state index contributed by atoms with van der Waals surface area (Å²) in [5.74, 6) is 2.71. The fraction of sp³-hybridized carbons (Fsp3) is 0.727. The average Bonchev–Trinajstić information content (AvgIpc) is 2.21. The highest BCUT2D eigenvalue weighted by Gasteiger charge is 2.10. The van der Waals surface area contributed by atoms with Gasteiger partial charge in [-0.2, -0.15) is 0 Å². The zero-order valence-corrected chi connectivity index (χ0v) is 9.34. The molecule has 0 radical (unpaired) electrons. The second kappa shape index (κ2) is 7.40. The summed E-state index contributed by atoms with van der Waals surface area (Å²) in [5, 5.41) is 3.04. The maximum Gasteiger partial charge on any atom is 0.236 e. The minimum atomic E-state index is 0.00881. The first kappa shape index (κ1) is 13.0. The zero-order valence-electron chi connectivity index (χ0n) is 9.34. The summed E-state index contributed by atoms with van der Waals surface area (Å²) >= 11 is 0. The Bertz CT molecular complexity index is 204. The van der Waals surface area contributed by atoms with Gasteiger partial charge in [0, 0.05) is 13.1 Å². The van der Waals surface area contributed by atoms with Gasteiger partial charge >= 0.3 is 0 Å². The van der Waals surface area contributed by atoms with Crippen molar-refractivity contribution in [2.45, 2.75) is 33.2 Å². The Balaban J connectivity index is 3.89. The van der Waals surface area contributed by atoms with Gasteiger partial charge in [0.1, 0.15) is 0 Å². The molecule has 14 heavy (non-hydrogen) atoms. The molecule has 0 saturated carbocycles. The molecule has 0 rings (SSSR count). The van der Waals surface area contributed by atoms with E-state index in [1.54, 1.807) is 4.90 Å². The lowest BCUT2D eigenvalue weighted by molar-refractivity contribution is -0.129. The van der Waals surface area contributed by atoms with Crippen molar-refractivity contribution >= 4 is 5.91 Å². The van der Waals surface area contributed by atoms with Crippen LogP contribution in [0.4, 0.5) is 0 Å². The second-order valence-corrected chi connectivity index (χ2v) is 3.07. The van der Waals surface area contributed by atoms with Gasteiger partial charge in [-0.05, 0) is 20.3 Å². The standard InChI is InChI=1S/C11H20N2O/c1-5-10(6-2)12-9-11(14)13(7-3)8-4/h1,10,12H,6-9H2,2-4H3. The van der Waals surface area contributed by atoms with Gasteiger partial charge in [0.2, 0.25) is 5.91 Å². The lowest BCUT2D eigenvalue weighted by Crippen LogP contribution is -2.41. The first-order valence-electron chi connectivity index (χ1n) is 5.16. The van der Waals surface area contributed by atoms with Crippen molar-refractivity contribution < 1.29 is 4.79 Å². The predicted octanol–water partition coefficient (Wildman–Crippen LogP) is 0.856. The number of nitrogens with one attached hydrogen (secondary N) is 1. The Kier molecular flexibility index (Phi) is 6.87. The van der Waals surface area contributed by atoms with Gasteiger partial charge in [-0.25, -0.2) is 0 Å². The molecule has 0 bridgehead atoms. The van der Waals surface area contributed by atoms with E-state index in [0.717, 1.165) is 19.5 Å². The van der Waals surface area contributed by atoms with Gasteiger partial charge in [-0.1, -0.05) is 12.8 Å². The van der Waals surface area contributed by atoms with Crippen molar-refractivity contribution in [1.82, 2.24) is 10.2 Å². The quantitative estimate of drug-likeness (QED) is 0.639. The van der Waals surface area contributed by atoms with E-state index in [1.165, 1.54) is 0 Å². The van der Waals surface area contributed by atoms with Crippen LogP contribution in [0.15, 0.2) is 0 Å². The van der Waals surface area contributed by atoms with Gasteiger partial charge in [0.05, 0.1) is 12.6 Å². The number of nitrogens with zero attached hydrogens (tertiary/aromatic N) is 1. The van der Waals surface area contributed by atoms with Crippen molar-refractivity contribution in [2.75, 3.05) is 19.6 Å². The van der Waals surface area contributed by atoms with Crippen LogP contribution in [0.5, 0.6) is 0 Å². The van der Waals surface area contributed by atoms with E-state index in [9.17, 15) is 4.79 Å². The van der Waals surface area contributed by atoms with E-state index in [2.05, 4.69) is 11.2 Å². The molecule has 0 aromatic carbocycles. The Labute approximate surface area is 86.9 Å². The second-order valence-electron chi connectivity index (χ2n) is 3.07. The highest BCUT2D eigenvalue weighted by molar-refractivity contribution is 5.78. The first-order chi connectivity index (χ1) is 6.69. The molecule has 0 heterocycles. The number of rotatable bonds is 6. The van der Waals surface area contributed by atoms with Crippen LogP contribution in [-0.4, -0.2) is 36.5 Å². The molecule has 1 amide bonds. The maximum absolute atomic E-state index is 11.5. The monoisotopic (exact) mass is 196 g/mol. The molecular weight excluding hydrogens is 176 g/mol. The number of hydrogen-bond donors (Lipinski definition) is 1. The Morgan fingerprint density at radius 3 is 2.36 bits per heavy atom. The normalized spacial score (nSPS) is 11.9. The van der Waals surface area contributed by atoms with Crippen molar-refractivity contribution in [3.05, 3.63) is 0 Å². The first-order valence-corrected chi connectivity index (χ1v) is 5.16. The average molecular weight is 196 g/mol. The maximum atomic E-state index is 11.5. The van der Waals surface area contributed by atoms with Crippen LogP contribution in [0.3, 0.4) is 0 Å². The van der Waals surface area contributed by atoms with Crippen LogP contribution < -0.4 is 5.32 Å². The third kappa shape index (κ3) is 4.29. The molecule has 0 fully saturated rings. The number of carbonyl (C=O) groups is 1. The van der Waals surface area contributed by atoms with E-state index in [-0.39, 0.29) is 11.9 Å². The number of amides is 1. The van der Waals surface area contributed by atoms with E-state index in [0.29, 0.717) is 6.54 Å². The fourth-order valence-electron chi connectivity index (χ4n) is 1.22. The Hall–Kier alpha value is -1.01. The van der Waals surface area contributed by atoms with Crippen molar-refractivity contribution in [3.8, 4) is 12.3 Å². The number of hydrogen-bond acceptors (Lipinski definition) is 2. The minimum Gasteiger partial charge on any atom is -0.342 e. The molecule has 0 aromatic rings. The number of carbonyl (C=O) groups excluding carboxylic acids is 1. The Morgan fingerprint density at radius 1 is 1.43 bits per heavy atom. The van der Waals surface area contributed by atoms with Crippen LogP contribution in [-0.2, 0) is 4.79 Å². The molecule has 1 unspecified atom stereocenters. The third-order valence-corrected chi connectivity index (χ3v) is 2.23. The summed E-state index contributed by atoms with van der Waals surface area (Å²) in [7, 11) is 0. The molecule has 0 aliphatic carbocycles. The smallest absolute Gasteiger partial charge is 0.236 e. The highest BCUT2D eigenvalue weighted by atomic mass is 16.2. The van der Waals surface area contributed by atoms with Gasteiger partial charge in [0.25, 0.3) is 0 Å². The van der Waals surface area contributed by atoms with E-state index in [4.69, 9.17) is 6.42 Å². The summed E-state index contributed by atoms with van der Waals surface area (Å²) in [5.41, 5.74) is 0. The van der Waals surface area contributed by atoms with Gasteiger partial charge in [-0.15, -0.1) is 6.42 Å². The molecule has 0 aromatic heterocycles. The van der Waals surface area contributed by atoms with Crippen molar-refractivity contribution in [1.29, 1.82) is 0 Å².